The summed E-state index contributed by atoms with van der Waals surface area (Å²) in [5, 5.41) is 0. The topological polar surface area (TPSA) is 44.8 Å². The highest BCUT2D eigenvalue weighted by Crippen LogP contribution is 2.52. The van der Waals surface area contributed by atoms with Crippen LogP contribution in [0.2, 0.25) is 0 Å². The Balaban J connectivity index is 3.70. The Labute approximate surface area is 62.7 Å². The average molecular weight is 186 g/mol. The Bertz CT molecular complexity index is 118. The minimum Gasteiger partial charge on any atom is -0.290 e. The summed E-state index contributed by atoms with van der Waals surface area (Å²) in [7, 11) is -0.426. The zero-order chi connectivity index (χ0) is 8.04. The van der Waals surface area contributed by atoms with Crippen LogP contribution >= 0.6 is 16.6 Å². The van der Waals surface area contributed by atoms with E-state index in [0.29, 0.717) is 0 Å². The molecular formula is C4H12O4P2. The zero-order valence-electron chi connectivity index (χ0n) is 6.29. The van der Waals surface area contributed by atoms with E-state index in [1.165, 1.54) is 14.2 Å². The van der Waals surface area contributed by atoms with Gasteiger partial charge in [0.2, 0.25) is 0 Å². The standard InChI is InChI=1S/C4H12O4P2/c1-4-9-8-10(5,6-2)7-3/h9H,4H2,1-3H3. The molecule has 0 aliphatic heterocycles. The highest BCUT2D eigenvalue weighted by molar-refractivity contribution is 7.56. The van der Waals surface area contributed by atoms with Gasteiger partial charge in [0.05, 0.1) is 0 Å². The van der Waals surface area contributed by atoms with Crippen molar-refractivity contribution in [1.29, 1.82) is 0 Å². The summed E-state index contributed by atoms with van der Waals surface area (Å²) in [5.74, 6) is 0. The third-order valence-electron chi connectivity index (χ3n) is 0.768. The first-order valence-electron chi connectivity index (χ1n) is 2.81. The predicted octanol–water partition coefficient (Wildman–Crippen LogP) is 2.02. The van der Waals surface area contributed by atoms with Crippen LogP contribution in [0, 0.1) is 0 Å². The van der Waals surface area contributed by atoms with Crippen LogP contribution < -0.4 is 0 Å². The van der Waals surface area contributed by atoms with Gasteiger partial charge in [0.25, 0.3) is 0 Å². The van der Waals surface area contributed by atoms with Crippen LogP contribution in [0.1, 0.15) is 6.92 Å². The lowest BCUT2D eigenvalue weighted by Gasteiger charge is -2.11. The fraction of sp³-hybridized carbons (Fsp3) is 1.00. The number of hydrogen-bond acceptors (Lipinski definition) is 4. The van der Waals surface area contributed by atoms with Gasteiger partial charge in [-0.1, -0.05) is 6.92 Å². The van der Waals surface area contributed by atoms with Gasteiger partial charge in [-0.3, -0.25) is 13.4 Å². The van der Waals surface area contributed by atoms with Gasteiger partial charge in [0.1, 0.15) is 0 Å². The van der Waals surface area contributed by atoms with Crippen molar-refractivity contribution in [3.63, 3.8) is 0 Å². The van der Waals surface area contributed by atoms with Crippen LogP contribution in [0.15, 0.2) is 0 Å². The van der Waals surface area contributed by atoms with E-state index < -0.39 is 7.82 Å². The number of phosphoric acid groups is 1. The van der Waals surface area contributed by atoms with Crippen molar-refractivity contribution >= 4 is 16.6 Å². The molecule has 0 aromatic rings. The van der Waals surface area contributed by atoms with Crippen LogP contribution in [0.25, 0.3) is 0 Å². The quantitative estimate of drug-likeness (QED) is 0.616. The second kappa shape index (κ2) is 5.22. The minimum absolute atomic E-state index is 0.167. The number of rotatable bonds is 5. The maximum absolute atomic E-state index is 11.0. The van der Waals surface area contributed by atoms with Gasteiger partial charge in [-0.2, -0.15) is 0 Å². The number of phosphoric ester groups is 1. The molecule has 0 bridgehead atoms. The second-order valence-corrected chi connectivity index (χ2v) is 4.75. The summed E-state index contributed by atoms with van der Waals surface area (Å²) in [6, 6.07) is 0. The molecule has 0 rings (SSSR count). The molecule has 0 aromatic heterocycles. The Morgan fingerprint density at radius 2 is 1.90 bits per heavy atom. The third kappa shape index (κ3) is 3.65. The highest BCUT2D eigenvalue weighted by atomic mass is 31.2. The molecule has 0 N–H and O–H groups in total. The average Bonchev–Trinajstić information content (AvgIpc) is 2.00. The largest absolute Gasteiger partial charge is 0.477 e. The molecule has 0 heterocycles. The van der Waals surface area contributed by atoms with Crippen LogP contribution in [-0.4, -0.2) is 20.4 Å². The van der Waals surface area contributed by atoms with Crippen molar-refractivity contribution in [2.75, 3.05) is 20.4 Å². The number of hydrogen-bond donors (Lipinski definition) is 0. The molecule has 0 fully saturated rings. The summed E-state index contributed by atoms with van der Waals surface area (Å²) < 4.78 is 24.9. The molecule has 6 heteroatoms. The van der Waals surface area contributed by atoms with Crippen LogP contribution in [0.5, 0.6) is 0 Å². The van der Waals surface area contributed by atoms with Gasteiger partial charge in [-0.05, 0) is 6.16 Å². The first-order chi connectivity index (χ1) is 4.68. The molecular weight excluding hydrogens is 174 g/mol. The summed E-state index contributed by atoms with van der Waals surface area (Å²) in [4.78, 5) is 0. The third-order valence-corrected chi connectivity index (χ3v) is 3.36. The minimum atomic E-state index is -3.19. The zero-order valence-corrected chi connectivity index (χ0v) is 8.18. The van der Waals surface area contributed by atoms with Crippen molar-refractivity contribution in [2.45, 2.75) is 6.92 Å². The summed E-state index contributed by atoms with van der Waals surface area (Å²) in [5.41, 5.74) is 0. The summed E-state index contributed by atoms with van der Waals surface area (Å²) in [6.07, 6.45) is 0.816. The first kappa shape index (κ1) is 10.5. The SMILES string of the molecule is CCPOP(=O)(OC)OC. The molecule has 0 aliphatic rings. The van der Waals surface area contributed by atoms with Gasteiger partial charge in [0.15, 0.2) is 0 Å². The lowest BCUT2D eigenvalue weighted by atomic mass is 11.0. The van der Waals surface area contributed by atoms with Gasteiger partial charge in [-0.15, -0.1) is 0 Å². The van der Waals surface area contributed by atoms with Crippen molar-refractivity contribution in [1.82, 2.24) is 0 Å². The van der Waals surface area contributed by atoms with Crippen LogP contribution in [-0.2, 0) is 17.9 Å². The summed E-state index contributed by atoms with van der Waals surface area (Å²) in [6.45, 7) is 1.92. The van der Waals surface area contributed by atoms with Gasteiger partial charge in [0, 0.05) is 23.0 Å². The molecule has 0 spiro atoms. The molecule has 0 aromatic carbocycles. The molecule has 0 radical (unpaired) electrons. The Hall–Kier alpha value is 0.540. The van der Waals surface area contributed by atoms with E-state index in [9.17, 15) is 4.57 Å². The van der Waals surface area contributed by atoms with Gasteiger partial charge in [-0.25, -0.2) is 4.57 Å². The molecule has 1 atom stereocenters. The van der Waals surface area contributed by atoms with E-state index in [2.05, 4.69) is 9.05 Å². The lowest BCUT2D eigenvalue weighted by Crippen LogP contribution is -1.87. The molecule has 10 heavy (non-hydrogen) atoms. The molecule has 62 valence electrons. The first-order valence-corrected chi connectivity index (χ1v) is 5.39. The maximum atomic E-state index is 11.0. The Morgan fingerprint density at radius 3 is 2.20 bits per heavy atom. The van der Waals surface area contributed by atoms with Crippen molar-refractivity contribution in [3.05, 3.63) is 0 Å². The van der Waals surface area contributed by atoms with Crippen LogP contribution in [0.4, 0.5) is 0 Å². The van der Waals surface area contributed by atoms with E-state index in [1.807, 2.05) is 6.92 Å². The van der Waals surface area contributed by atoms with E-state index >= 15 is 0 Å². The maximum Gasteiger partial charge on any atom is 0.477 e. The Kier molecular flexibility index (Phi) is 5.51. The van der Waals surface area contributed by atoms with E-state index in [4.69, 9.17) is 4.31 Å². The Morgan fingerprint density at radius 1 is 1.40 bits per heavy atom. The summed E-state index contributed by atoms with van der Waals surface area (Å²) >= 11 is 0. The van der Waals surface area contributed by atoms with Crippen molar-refractivity contribution in [2.24, 2.45) is 0 Å². The molecule has 0 saturated heterocycles. The highest BCUT2D eigenvalue weighted by Gasteiger charge is 2.21. The molecule has 0 amide bonds. The molecule has 4 nitrogen and oxygen atoms in total. The van der Waals surface area contributed by atoms with Gasteiger partial charge < -0.3 is 0 Å². The predicted molar refractivity (Wildman–Crippen MR) is 41.6 cm³/mol. The normalized spacial score (nSPS) is 13.1. The smallest absolute Gasteiger partial charge is 0.290 e. The molecule has 1 unspecified atom stereocenters. The van der Waals surface area contributed by atoms with E-state index in [1.54, 1.807) is 0 Å². The van der Waals surface area contributed by atoms with Gasteiger partial charge >= 0.3 is 7.82 Å². The fourth-order valence-corrected chi connectivity index (χ4v) is 2.19. The lowest BCUT2D eigenvalue weighted by molar-refractivity contribution is 0.219. The van der Waals surface area contributed by atoms with E-state index in [0.717, 1.165) is 6.16 Å². The second-order valence-electron chi connectivity index (χ2n) is 1.40. The fourth-order valence-electron chi connectivity index (χ4n) is 0.293. The van der Waals surface area contributed by atoms with Crippen LogP contribution in [0.3, 0.4) is 0 Å². The molecule has 0 saturated carbocycles. The van der Waals surface area contributed by atoms with Crippen molar-refractivity contribution in [3.8, 4) is 0 Å². The van der Waals surface area contributed by atoms with E-state index in [-0.39, 0.29) is 8.81 Å². The molecule has 0 aliphatic carbocycles. The van der Waals surface area contributed by atoms with Crippen molar-refractivity contribution < 1.29 is 17.9 Å². The monoisotopic (exact) mass is 186 g/mol.